The summed E-state index contributed by atoms with van der Waals surface area (Å²) < 4.78 is 5.72. The lowest BCUT2D eigenvalue weighted by Gasteiger charge is -2.23. The summed E-state index contributed by atoms with van der Waals surface area (Å²) in [5, 5.41) is 3.48. The fourth-order valence-electron chi connectivity index (χ4n) is 2.73. The second kappa shape index (κ2) is 5.61. The molecule has 0 radical (unpaired) electrons. The molecule has 4 rings (SSSR count). The average Bonchev–Trinajstić information content (AvgIpc) is 3.05. The van der Waals surface area contributed by atoms with Crippen LogP contribution in [0.15, 0.2) is 55.0 Å². The monoisotopic (exact) mass is 292 g/mol. The van der Waals surface area contributed by atoms with Crippen LogP contribution in [-0.4, -0.2) is 21.5 Å². The Hall–Kier alpha value is -2.66. The zero-order valence-corrected chi connectivity index (χ0v) is 12.0. The van der Waals surface area contributed by atoms with E-state index in [-0.39, 0.29) is 6.04 Å². The quantitative estimate of drug-likeness (QED) is 0.779. The van der Waals surface area contributed by atoms with Crippen molar-refractivity contribution in [1.29, 1.82) is 0 Å². The number of para-hydroxylation sites is 1. The van der Waals surface area contributed by atoms with Gasteiger partial charge in [-0.1, -0.05) is 24.3 Å². The Morgan fingerprint density at radius 3 is 2.77 bits per heavy atom. The van der Waals surface area contributed by atoms with Gasteiger partial charge in [-0.05, 0) is 17.7 Å². The van der Waals surface area contributed by atoms with Crippen LogP contribution in [-0.2, 0) is 6.42 Å². The van der Waals surface area contributed by atoms with Crippen LogP contribution in [0.5, 0.6) is 11.6 Å². The maximum atomic E-state index is 5.72. The molecule has 0 saturated carbocycles. The van der Waals surface area contributed by atoms with E-state index in [0.29, 0.717) is 5.88 Å². The number of hydrogen-bond acceptors (Lipinski definition) is 4. The van der Waals surface area contributed by atoms with Crippen LogP contribution in [0.2, 0.25) is 0 Å². The molecule has 3 aromatic rings. The van der Waals surface area contributed by atoms with Gasteiger partial charge in [-0.2, -0.15) is 0 Å². The second-order valence-corrected chi connectivity index (χ2v) is 5.25. The molecule has 5 heteroatoms. The molecule has 0 aliphatic carbocycles. The topological polar surface area (TPSA) is 62.8 Å². The SMILES string of the molecule is c1ccc(Oc2ccc(C3NCCc4[nH]cnc43)cn2)cc1. The van der Waals surface area contributed by atoms with Gasteiger partial charge in [0.1, 0.15) is 5.75 Å². The van der Waals surface area contributed by atoms with E-state index in [1.807, 2.05) is 48.7 Å². The summed E-state index contributed by atoms with van der Waals surface area (Å²) in [6.07, 6.45) is 4.58. The molecule has 0 spiro atoms. The minimum absolute atomic E-state index is 0.0910. The van der Waals surface area contributed by atoms with Crippen molar-refractivity contribution in [2.45, 2.75) is 12.5 Å². The largest absolute Gasteiger partial charge is 0.439 e. The van der Waals surface area contributed by atoms with E-state index in [9.17, 15) is 0 Å². The van der Waals surface area contributed by atoms with Crippen LogP contribution < -0.4 is 10.1 Å². The zero-order valence-electron chi connectivity index (χ0n) is 12.0. The number of pyridine rings is 1. The smallest absolute Gasteiger partial charge is 0.219 e. The predicted octanol–water partition coefficient (Wildman–Crippen LogP) is 2.83. The zero-order chi connectivity index (χ0) is 14.8. The molecule has 2 N–H and O–H groups in total. The first-order valence-electron chi connectivity index (χ1n) is 7.34. The summed E-state index contributed by atoms with van der Waals surface area (Å²) in [6.45, 7) is 0.933. The summed E-state index contributed by atoms with van der Waals surface area (Å²) in [5.74, 6) is 1.38. The van der Waals surface area contributed by atoms with Gasteiger partial charge in [-0.25, -0.2) is 9.97 Å². The van der Waals surface area contributed by atoms with Crippen molar-refractivity contribution < 1.29 is 4.74 Å². The van der Waals surface area contributed by atoms with Crippen LogP contribution in [0.25, 0.3) is 0 Å². The Balaban J connectivity index is 1.56. The molecule has 1 aromatic carbocycles. The van der Waals surface area contributed by atoms with E-state index in [4.69, 9.17) is 4.74 Å². The standard InChI is InChI=1S/C17H16N4O/c1-2-4-13(5-3-1)22-15-7-6-12(10-19-15)16-17-14(8-9-18-16)20-11-21-17/h1-7,10-11,16,18H,8-9H2,(H,20,21). The molecule has 22 heavy (non-hydrogen) atoms. The van der Waals surface area contributed by atoms with Crippen molar-refractivity contribution in [2.24, 2.45) is 0 Å². The number of H-pyrrole nitrogens is 1. The van der Waals surface area contributed by atoms with Crippen molar-refractivity contribution in [2.75, 3.05) is 6.54 Å². The second-order valence-electron chi connectivity index (χ2n) is 5.25. The Kier molecular flexibility index (Phi) is 3.33. The highest BCUT2D eigenvalue weighted by Gasteiger charge is 2.23. The maximum Gasteiger partial charge on any atom is 0.219 e. The van der Waals surface area contributed by atoms with Crippen molar-refractivity contribution in [1.82, 2.24) is 20.3 Å². The fraction of sp³-hybridized carbons (Fsp3) is 0.176. The number of nitrogens with one attached hydrogen (secondary N) is 2. The summed E-state index contributed by atoms with van der Waals surface area (Å²) in [7, 11) is 0. The summed E-state index contributed by atoms with van der Waals surface area (Å²) >= 11 is 0. The number of fused-ring (bicyclic) bond motifs is 1. The molecule has 0 amide bonds. The molecule has 1 aliphatic heterocycles. The molecule has 1 aliphatic rings. The van der Waals surface area contributed by atoms with Crippen LogP contribution in [0.1, 0.15) is 23.0 Å². The van der Waals surface area contributed by atoms with Gasteiger partial charge >= 0.3 is 0 Å². The van der Waals surface area contributed by atoms with E-state index in [0.717, 1.165) is 30.0 Å². The summed E-state index contributed by atoms with van der Waals surface area (Å²) in [6, 6.07) is 13.7. The summed E-state index contributed by atoms with van der Waals surface area (Å²) in [4.78, 5) is 12.0. The van der Waals surface area contributed by atoms with Crippen LogP contribution in [0.3, 0.4) is 0 Å². The minimum Gasteiger partial charge on any atom is -0.439 e. The highest BCUT2D eigenvalue weighted by Crippen LogP contribution is 2.27. The van der Waals surface area contributed by atoms with Gasteiger partial charge in [0.15, 0.2) is 0 Å². The van der Waals surface area contributed by atoms with Crippen LogP contribution in [0.4, 0.5) is 0 Å². The van der Waals surface area contributed by atoms with Crippen molar-refractivity contribution in [3.05, 3.63) is 71.9 Å². The third-order valence-electron chi connectivity index (χ3n) is 3.81. The first-order valence-corrected chi connectivity index (χ1v) is 7.34. The summed E-state index contributed by atoms with van der Waals surface area (Å²) in [5.41, 5.74) is 3.35. The number of ether oxygens (including phenoxy) is 1. The molecule has 5 nitrogen and oxygen atoms in total. The van der Waals surface area contributed by atoms with Gasteiger partial charge < -0.3 is 15.0 Å². The lowest BCUT2D eigenvalue weighted by molar-refractivity contribution is 0.461. The number of benzene rings is 1. The Bertz CT molecular complexity index is 752. The maximum absolute atomic E-state index is 5.72. The van der Waals surface area contributed by atoms with E-state index in [2.05, 4.69) is 20.3 Å². The Morgan fingerprint density at radius 1 is 1.05 bits per heavy atom. The number of rotatable bonds is 3. The van der Waals surface area contributed by atoms with Gasteiger partial charge in [-0.3, -0.25) is 0 Å². The number of hydrogen-bond donors (Lipinski definition) is 2. The van der Waals surface area contributed by atoms with E-state index in [1.54, 1.807) is 6.33 Å². The fourth-order valence-corrected chi connectivity index (χ4v) is 2.73. The minimum atomic E-state index is 0.0910. The lowest BCUT2D eigenvalue weighted by atomic mass is 9.99. The molecule has 0 bridgehead atoms. The van der Waals surface area contributed by atoms with E-state index in [1.165, 1.54) is 5.69 Å². The van der Waals surface area contributed by atoms with E-state index >= 15 is 0 Å². The van der Waals surface area contributed by atoms with Gasteiger partial charge in [0.05, 0.1) is 18.1 Å². The predicted molar refractivity (Wildman–Crippen MR) is 82.9 cm³/mol. The van der Waals surface area contributed by atoms with Gasteiger partial charge in [0.25, 0.3) is 0 Å². The van der Waals surface area contributed by atoms with Crippen molar-refractivity contribution >= 4 is 0 Å². The number of aromatic nitrogens is 3. The van der Waals surface area contributed by atoms with Crippen LogP contribution >= 0.6 is 0 Å². The van der Waals surface area contributed by atoms with Crippen LogP contribution in [0, 0.1) is 0 Å². The van der Waals surface area contributed by atoms with Gasteiger partial charge in [0, 0.05) is 30.9 Å². The average molecular weight is 292 g/mol. The van der Waals surface area contributed by atoms with Crippen molar-refractivity contribution in [3.63, 3.8) is 0 Å². The number of aromatic amines is 1. The number of nitrogens with zero attached hydrogens (tertiary/aromatic N) is 2. The highest BCUT2D eigenvalue weighted by molar-refractivity contribution is 5.33. The molecule has 3 heterocycles. The molecule has 0 fully saturated rings. The molecule has 2 aromatic heterocycles. The molecule has 1 atom stereocenters. The lowest BCUT2D eigenvalue weighted by Crippen LogP contribution is -2.30. The molecule has 110 valence electrons. The van der Waals surface area contributed by atoms with E-state index < -0.39 is 0 Å². The van der Waals surface area contributed by atoms with Crippen molar-refractivity contribution in [3.8, 4) is 11.6 Å². The first-order chi connectivity index (χ1) is 10.9. The first kappa shape index (κ1) is 13.0. The molecule has 1 unspecified atom stereocenters. The number of imidazole rings is 1. The van der Waals surface area contributed by atoms with Gasteiger partial charge in [0.2, 0.25) is 5.88 Å². The Morgan fingerprint density at radius 2 is 1.95 bits per heavy atom. The third-order valence-corrected chi connectivity index (χ3v) is 3.81. The molecular weight excluding hydrogens is 276 g/mol. The van der Waals surface area contributed by atoms with Gasteiger partial charge in [-0.15, -0.1) is 0 Å². The highest BCUT2D eigenvalue weighted by atomic mass is 16.5. The molecular formula is C17H16N4O. The third kappa shape index (κ3) is 2.46. The molecule has 0 saturated heterocycles. The Labute approximate surface area is 128 Å². The normalized spacial score (nSPS) is 17.0.